The van der Waals surface area contributed by atoms with Crippen molar-refractivity contribution in [2.24, 2.45) is 5.92 Å². The van der Waals surface area contributed by atoms with E-state index in [4.69, 9.17) is 0 Å². The summed E-state index contributed by atoms with van der Waals surface area (Å²) >= 11 is 0. The lowest BCUT2D eigenvalue weighted by atomic mass is 9.92. The number of aliphatic hydroxyl groups excluding tert-OH is 1. The Bertz CT molecular complexity index is 919. The molecule has 1 aliphatic rings. The Balaban J connectivity index is 2.02. The second-order valence-electron chi connectivity index (χ2n) is 7.20. The molecular weight excluding hydrogens is 418 g/mol. The summed E-state index contributed by atoms with van der Waals surface area (Å²) in [6, 6.07) is 1.50. The fraction of sp³-hybridized carbons (Fsp3) is 0.500. The topological polar surface area (TPSA) is 82.4 Å². The smallest absolute Gasteiger partial charge is 0.435 e. The summed E-state index contributed by atoms with van der Waals surface area (Å²) in [7, 11) is 1.82. The van der Waals surface area contributed by atoms with Crippen LogP contribution in [0.5, 0.6) is 5.75 Å². The fourth-order valence-corrected chi connectivity index (χ4v) is 3.43. The third kappa shape index (κ3) is 4.64. The average molecular weight is 436 g/mol. The van der Waals surface area contributed by atoms with E-state index in [1.54, 1.807) is 0 Å². The van der Waals surface area contributed by atoms with Gasteiger partial charge in [0.25, 0.3) is 0 Å². The number of piperidine rings is 1. The predicted molar refractivity (Wildman–Crippen MR) is 92.1 cm³/mol. The summed E-state index contributed by atoms with van der Waals surface area (Å²) in [4.78, 5) is 5.35. The van der Waals surface area contributed by atoms with E-state index < -0.39 is 58.5 Å². The zero-order chi connectivity index (χ0) is 22.3. The SMILES string of the molecule is CN1CCCC(C(O)c2nnc(-c3ccc(C(F)(F)F)cc3O)c(C(F)(F)F)n2)C1. The van der Waals surface area contributed by atoms with Crippen molar-refractivity contribution >= 4 is 0 Å². The van der Waals surface area contributed by atoms with Crippen molar-refractivity contribution in [1.82, 2.24) is 20.1 Å². The van der Waals surface area contributed by atoms with E-state index in [0.717, 1.165) is 13.0 Å². The minimum absolute atomic E-state index is 0.303. The van der Waals surface area contributed by atoms with Gasteiger partial charge in [0.15, 0.2) is 11.5 Å². The number of hydrogen-bond acceptors (Lipinski definition) is 6. The van der Waals surface area contributed by atoms with Gasteiger partial charge in [0.1, 0.15) is 17.5 Å². The summed E-state index contributed by atoms with van der Waals surface area (Å²) in [5, 5.41) is 27.4. The molecule has 2 aromatic rings. The van der Waals surface area contributed by atoms with Gasteiger partial charge in [0.2, 0.25) is 0 Å². The number of phenolic OH excluding ortho intramolecular Hbond substituents is 1. The zero-order valence-electron chi connectivity index (χ0n) is 15.7. The fourth-order valence-electron chi connectivity index (χ4n) is 3.43. The second-order valence-corrected chi connectivity index (χ2v) is 7.20. The van der Waals surface area contributed by atoms with Crippen LogP contribution in [0, 0.1) is 5.92 Å². The van der Waals surface area contributed by atoms with Crippen molar-refractivity contribution in [1.29, 1.82) is 0 Å². The molecule has 30 heavy (non-hydrogen) atoms. The average Bonchev–Trinajstić information content (AvgIpc) is 2.65. The molecule has 1 aromatic heterocycles. The van der Waals surface area contributed by atoms with Crippen LogP contribution in [0.4, 0.5) is 26.3 Å². The van der Waals surface area contributed by atoms with Crippen LogP contribution in [0.25, 0.3) is 11.3 Å². The van der Waals surface area contributed by atoms with Gasteiger partial charge in [-0.2, -0.15) is 26.3 Å². The van der Waals surface area contributed by atoms with Crippen LogP contribution in [0.15, 0.2) is 18.2 Å². The van der Waals surface area contributed by atoms with E-state index in [-0.39, 0.29) is 0 Å². The van der Waals surface area contributed by atoms with Gasteiger partial charge >= 0.3 is 12.4 Å². The largest absolute Gasteiger partial charge is 0.507 e. The van der Waals surface area contributed by atoms with Crippen molar-refractivity contribution < 1.29 is 36.6 Å². The molecule has 2 atom stereocenters. The maximum absolute atomic E-state index is 13.6. The highest BCUT2D eigenvalue weighted by molar-refractivity contribution is 5.69. The molecule has 0 aliphatic carbocycles. The standard InChI is InChI=1S/C18H18F6N4O2/c1-28-6-2-3-9(8-28)14(30)16-25-15(18(22,23)24)13(26-27-16)11-5-4-10(7-12(11)29)17(19,20)21/h4-5,7,9,14,29-30H,2-3,6,8H2,1H3. The summed E-state index contributed by atoms with van der Waals surface area (Å²) in [6.07, 6.45) is -9.91. The molecule has 3 rings (SSSR count). The van der Waals surface area contributed by atoms with Crippen molar-refractivity contribution in [3.63, 3.8) is 0 Å². The van der Waals surface area contributed by atoms with E-state index in [9.17, 15) is 36.6 Å². The highest BCUT2D eigenvalue weighted by Crippen LogP contribution is 2.40. The minimum atomic E-state index is -5.04. The molecule has 0 spiro atoms. The van der Waals surface area contributed by atoms with E-state index in [0.29, 0.717) is 31.2 Å². The van der Waals surface area contributed by atoms with Crippen LogP contribution in [-0.2, 0) is 12.4 Å². The first-order valence-electron chi connectivity index (χ1n) is 8.97. The van der Waals surface area contributed by atoms with E-state index in [1.165, 1.54) is 0 Å². The number of alkyl halides is 6. The normalized spacial score (nSPS) is 19.7. The van der Waals surface area contributed by atoms with Crippen LogP contribution < -0.4 is 0 Å². The van der Waals surface area contributed by atoms with E-state index in [2.05, 4.69) is 15.2 Å². The molecule has 1 saturated heterocycles. The van der Waals surface area contributed by atoms with Crippen molar-refractivity contribution in [2.45, 2.75) is 31.3 Å². The first kappa shape index (κ1) is 22.2. The van der Waals surface area contributed by atoms with Crippen LogP contribution >= 0.6 is 0 Å². The predicted octanol–water partition coefficient (Wildman–Crippen LogP) is 3.66. The van der Waals surface area contributed by atoms with Gasteiger partial charge in [-0.25, -0.2) is 4.98 Å². The Labute approximate surface area is 167 Å². The summed E-state index contributed by atoms with van der Waals surface area (Å²) < 4.78 is 79.1. The Morgan fingerprint density at radius 3 is 2.37 bits per heavy atom. The number of phenols is 1. The maximum atomic E-state index is 13.6. The molecule has 6 nitrogen and oxygen atoms in total. The molecule has 2 N–H and O–H groups in total. The van der Waals surface area contributed by atoms with Gasteiger partial charge in [-0.3, -0.25) is 0 Å². The van der Waals surface area contributed by atoms with Crippen LogP contribution in [0.2, 0.25) is 0 Å². The molecule has 1 fully saturated rings. The first-order valence-corrected chi connectivity index (χ1v) is 8.97. The van der Waals surface area contributed by atoms with Gasteiger partial charge < -0.3 is 15.1 Å². The van der Waals surface area contributed by atoms with Gasteiger partial charge in [-0.15, -0.1) is 10.2 Å². The van der Waals surface area contributed by atoms with Crippen LogP contribution in [-0.4, -0.2) is 50.4 Å². The first-order chi connectivity index (χ1) is 13.9. The molecule has 0 amide bonds. The van der Waals surface area contributed by atoms with Crippen molar-refractivity contribution in [3.05, 3.63) is 35.3 Å². The third-order valence-electron chi connectivity index (χ3n) is 4.92. The lowest BCUT2D eigenvalue weighted by Gasteiger charge is -2.32. The highest BCUT2D eigenvalue weighted by atomic mass is 19.4. The van der Waals surface area contributed by atoms with Crippen molar-refractivity contribution in [3.8, 4) is 17.0 Å². The lowest BCUT2D eigenvalue weighted by Crippen LogP contribution is -2.35. The Kier molecular flexibility index (Phi) is 5.92. The summed E-state index contributed by atoms with van der Waals surface area (Å²) in [5.41, 5.74) is -4.31. The lowest BCUT2D eigenvalue weighted by molar-refractivity contribution is -0.141. The number of nitrogens with zero attached hydrogens (tertiary/aromatic N) is 4. The molecule has 12 heteroatoms. The van der Waals surface area contributed by atoms with Crippen molar-refractivity contribution in [2.75, 3.05) is 20.1 Å². The Morgan fingerprint density at radius 1 is 1.10 bits per heavy atom. The Morgan fingerprint density at radius 2 is 1.80 bits per heavy atom. The quantitative estimate of drug-likeness (QED) is 0.715. The molecule has 1 aromatic carbocycles. The monoisotopic (exact) mass is 436 g/mol. The summed E-state index contributed by atoms with van der Waals surface area (Å²) in [5.74, 6) is -1.97. The number of halogens is 6. The van der Waals surface area contributed by atoms with Gasteiger partial charge in [-0.1, -0.05) is 0 Å². The molecular formula is C18H18F6N4O2. The molecule has 0 radical (unpaired) electrons. The van der Waals surface area contributed by atoms with Gasteiger partial charge in [-0.05, 0) is 44.6 Å². The van der Waals surface area contributed by atoms with Gasteiger partial charge in [0, 0.05) is 18.0 Å². The maximum Gasteiger partial charge on any atom is 0.435 e. The van der Waals surface area contributed by atoms with Gasteiger partial charge in [0.05, 0.1) is 5.56 Å². The molecule has 1 aliphatic heterocycles. The molecule has 2 heterocycles. The van der Waals surface area contributed by atoms with Crippen LogP contribution in [0.1, 0.15) is 36.0 Å². The number of aromatic nitrogens is 3. The molecule has 164 valence electrons. The number of aliphatic hydroxyl groups is 1. The highest BCUT2D eigenvalue weighted by Gasteiger charge is 2.40. The number of aromatic hydroxyl groups is 1. The molecule has 0 bridgehead atoms. The Hall–Kier alpha value is -2.47. The minimum Gasteiger partial charge on any atom is -0.507 e. The number of likely N-dealkylation sites (tertiary alicyclic amines) is 1. The summed E-state index contributed by atoms with van der Waals surface area (Å²) in [6.45, 7) is 1.23. The molecule has 0 saturated carbocycles. The number of hydrogen-bond donors (Lipinski definition) is 2. The molecule has 2 unspecified atom stereocenters. The zero-order valence-corrected chi connectivity index (χ0v) is 15.7. The third-order valence-corrected chi connectivity index (χ3v) is 4.92. The van der Waals surface area contributed by atoms with Crippen LogP contribution in [0.3, 0.4) is 0 Å². The second kappa shape index (κ2) is 7.99. The number of benzene rings is 1. The van der Waals surface area contributed by atoms with E-state index in [1.807, 2.05) is 11.9 Å². The number of rotatable bonds is 3. The van der Waals surface area contributed by atoms with E-state index >= 15 is 0 Å².